The Morgan fingerprint density at radius 3 is 2.73 bits per heavy atom. The summed E-state index contributed by atoms with van der Waals surface area (Å²) in [4.78, 5) is 4.27. The van der Waals surface area contributed by atoms with E-state index in [1.54, 1.807) is 0 Å². The fourth-order valence-corrected chi connectivity index (χ4v) is 1.19. The number of aryl methyl sites for hydroxylation is 2. The highest BCUT2D eigenvalue weighted by Gasteiger charge is 2.02. The first-order valence-corrected chi connectivity index (χ1v) is 4.01. The van der Waals surface area contributed by atoms with Crippen molar-refractivity contribution in [1.29, 1.82) is 0 Å². The topological polar surface area (TPSA) is 17.8 Å². The molecule has 1 aromatic rings. The molecule has 0 fully saturated rings. The highest BCUT2D eigenvalue weighted by molar-refractivity contribution is 5.25. The second kappa shape index (κ2) is 3.37. The molecule has 0 bridgehead atoms. The van der Waals surface area contributed by atoms with E-state index in [-0.39, 0.29) is 0 Å². The molecule has 0 amide bonds. The zero-order valence-corrected chi connectivity index (χ0v) is 7.17. The molecule has 0 aliphatic carbocycles. The number of hydrogen-bond acceptors (Lipinski definition) is 1. The minimum absolute atomic E-state index is 0.964. The van der Waals surface area contributed by atoms with Gasteiger partial charge in [-0.3, -0.25) is 0 Å². The van der Waals surface area contributed by atoms with Crippen LogP contribution in [0.4, 0.5) is 0 Å². The van der Waals surface area contributed by atoms with Crippen molar-refractivity contribution in [3.8, 4) is 0 Å². The lowest BCUT2D eigenvalue weighted by atomic mass is 10.3. The van der Waals surface area contributed by atoms with Gasteiger partial charge in [-0.05, 0) is 6.42 Å². The smallest absolute Gasteiger partial charge is 0.112 e. The predicted molar refractivity (Wildman–Crippen MR) is 47.4 cm³/mol. The average Bonchev–Trinajstić information content (AvgIpc) is 2.45. The number of nitrogens with zero attached hydrogens (tertiary/aromatic N) is 2. The van der Waals surface area contributed by atoms with Gasteiger partial charge in [-0.2, -0.15) is 0 Å². The lowest BCUT2D eigenvalue weighted by Crippen LogP contribution is -1.97. The van der Waals surface area contributed by atoms with Crippen LogP contribution in [0.2, 0.25) is 0 Å². The summed E-state index contributed by atoms with van der Waals surface area (Å²) in [6.07, 6.45) is 5.72. The quantitative estimate of drug-likeness (QED) is 0.645. The Kier molecular flexibility index (Phi) is 2.47. The second-order valence-electron chi connectivity index (χ2n) is 2.43. The van der Waals surface area contributed by atoms with E-state index >= 15 is 0 Å². The van der Waals surface area contributed by atoms with E-state index in [4.69, 9.17) is 0 Å². The minimum Gasteiger partial charge on any atom is -0.308 e. The van der Waals surface area contributed by atoms with E-state index in [0.717, 1.165) is 18.7 Å². The molecule has 0 aliphatic heterocycles. The minimum atomic E-state index is 0.964. The van der Waals surface area contributed by atoms with Crippen LogP contribution in [0.15, 0.2) is 12.8 Å². The summed E-state index contributed by atoms with van der Waals surface area (Å²) in [6.45, 7) is 7.96. The molecular weight excluding hydrogens is 136 g/mol. The van der Waals surface area contributed by atoms with Crippen LogP contribution in [0.25, 0.3) is 6.20 Å². The van der Waals surface area contributed by atoms with E-state index in [0.29, 0.717) is 0 Å². The fourth-order valence-electron chi connectivity index (χ4n) is 1.19. The Bertz CT molecular complexity index is 227. The third-order valence-corrected chi connectivity index (χ3v) is 1.81. The molecule has 1 rings (SSSR count). The Morgan fingerprint density at radius 2 is 2.27 bits per heavy atom. The maximum atomic E-state index is 4.27. The molecule has 2 nitrogen and oxygen atoms in total. The molecule has 0 saturated carbocycles. The highest BCUT2D eigenvalue weighted by Crippen LogP contribution is 2.06. The van der Waals surface area contributed by atoms with Gasteiger partial charge >= 0.3 is 0 Å². The molecule has 2 heteroatoms. The first kappa shape index (κ1) is 8.05. The fraction of sp³-hybridized carbons (Fsp3) is 0.444. The first-order chi connectivity index (χ1) is 5.33. The standard InChI is InChI=1S/C9H14N2/c1-4-8-7-10-9(5-2)11(8)6-3/h6-7H,3-5H2,1-2H3. The van der Waals surface area contributed by atoms with Crippen LogP contribution in [0.5, 0.6) is 0 Å². The van der Waals surface area contributed by atoms with Crippen molar-refractivity contribution in [1.82, 2.24) is 9.55 Å². The molecule has 1 aromatic heterocycles. The van der Waals surface area contributed by atoms with Gasteiger partial charge < -0.3 is 4.57 Å². The van der Waals surface area contributed by atoms with Crippen molar-refractivity contribution in [3.05, 3.63) is 24.3 Å². The average molecular weight is 150 g/mol. The Hall–Kier alpha value is -1.05. The maximum Gasteiger partial charge on any atom is 0.112 e. The van der Waals surface area contributed by atoms with Crippen LogP contribution in [-0.2, 0) is 12.8 Å². The molecule has 1 heterocycles. The van der Waals surface area contributed by atoms with E-state index < -0.39 is 0 Å². The molecular formula is C9H14N2. The van der Waals surface area contributed by atoms with E-state index in [1.807, 2.05) is 12.4 Å². The number of aromatic nitrogens is 2. The lowest BCUT2D eigenvalue weighted by molar-refractivity contribution is 0.882. The van der Waals surface area contributed by atoms with E-state index in [9.17, 15) is 0 Å². The summed E-state index contributed by atoms with van der Waals surface area (Å²) in [5, 5.41) is 0. The van der Waals surface area contributed by atoms with Gasteiger partial charge in [-0.15, -0.1) is 0 Å². The predicted octanol–water partition coefficient (Wildman–Crippen LogP) is 2.11. The molecule has 0 aromatic carbocycles. The summed E-state index contributed by atoms with van der Waals surface area (Å²) in [5.74, 6) is 1.09. The van der Waals surface area contributed by atoms with Crippen LogP contribution in [0.3, 0.4) is 0 Å². The molecule has 0 radical (unpaired) electrons. The van der Waals surface area contributed by atoms with Gasteiger partial charge in [0.2, 0.25) is 0 Å². The number of imidazole rings is 1. The van der Waals surface area contributed by atoms with Crippen LogP contribution in [0, 0.1) is 0 Å². The Morgan fingerprint density at radius 1 is 1.55 bits per heavy atom. The molecule has 60 valence electrons. The third-order valence-electron chi connectivity index (χ3n) is 1.81. The Balaban J connectivity index is 3.08. The zero-order chi connectivity index (χ0) is 8.27. The van der Waals surface area contributed by atoms with E-state index in [1.165, 1.54) is 5.69 Å². The van der Waals surface area contributed by atoms with Crippen LogP contribution >= 0.6 is 0 Å². The van der Waals surface area contributed by atoms with Crippen molar-refractivity contribution in [2.24, 2.45) is 0 Å². The maximum absolute atomic E-state index is 4.27. The molecule has 0 unspecified atom stereocenters. The number of hydrogen-bond donors (Lipinski definition) is 0. The zero-order valence-electron chi connectivity index (χ0n) is 7.17. The highest BCUT2D eigenvalue weighted by atomic mass is 15.1. The van der Waals surface area contributed by atoms with Crippen molar-refractivity contribution < 1.29 is 0 Å². The normalized spacial score (nSPS) is 10.0. The van der Waals surface area contributed by atoms with Crippen LogP contribution in [-0.4, -0.2) is 9.55 Å². The molecule has 0 aliphatic rings. The lowest BCUT2D eigenvalue weighted by Gasteiger charge is -2.01. The summed E-state index contributed by atoms with van der Waals surface area (Å²) in [6, 6.07) is 0. The first-order valence-electron chi connectivity index (χ1n) is 4.01. The molecule has 0 spiro atoms. The molecule has 11 heavy (non-hydrogen) atoms. The van der Waals surface area contributed by atoms with Gasteiger partial charge in [-0.1, -0.05) is 20.4 Å². The summed E-state index contributed by atoms with van der Waals surface area (Å²) < 4.78 is 2.06. The summed E-state index contributed by atoms with van der Waals surface area (Å²) in [7, 11) is 0. The largest absolute Gasteiger partial charge is 0.308 e. The summed E-state index contributed by atoms with van der Waals surface area (Å²) in [5.41, 5.74) is 1.23. The van der Waals surface area contributed by atoms with E-state index in [2.05, 4.69) is 30.0 Å². The molecule has 0 saturated heterocycles. The van der Waals surface area contributed by atoms with Crippen molar-refractivity contribution in [2.45, 2.75) is 26.7 Å². The van der Waals surface area contributed by atoms with Gasteiger partial charge in [0.05, 0.1) is 0 Å². The Labute approximate surface area is 67.6 Å². The van der Waals surface area contributed by atoms with Gasteiger partial charge in [0.25, 0.3) is 0 Å². The van der Waals surface area contributed by atoms with Crippen molar-refractivity contribution >= 4 is 6.20 Å². The number of rotatable bonds is 3. The molecule has 0 N–H and O–H groups in total. The monoisotopic (exact) mass is 150 g/mol. The summed E-state index contributed by atoms with van der Waals surface area (Å²) >= 11 is 0. The van der Waals surface area contributed by atoms with Gasteiger partial charge in [0.1, 0.15) is 5.82 Å². The van der Waals surface area contributed by atoms with Crippen molar-refractivity contribution in [3.63, 3.8) is 0 Å². The third kappa shape index (κ3) is 1.34. The van der Waals surface area contributed by atoms with Crippen LogP contribution in [0.1, 0.15) is 25.4 Å². The SMILES string of the molecule is C=Cn1c(CC)cnc1CC. The van der Waals surface area contributed by atoms with Crippen molar-refractivity contribution in [2.75, 3.05) is 0 Å². The van der Waals surface area contributed by atoms with Gasteiger partial charge in [-0.25, -0.2) is 4.98 Å². The van der Waals surface area contributed by atoms with Gasteiger partial charge in [0, 0.05) is 24.5 Å². The second-order valence-corrected chi connectivity index (χ2v) is 2.43. The van der Waals surface area contributed by atoms with Crippen LogP contribution < -0.4 is 0 Å². The molecule has 0 atom stereocenters. The van der Waals surface area contributed by atoms with Gasteiger partial charge in [0.15, 0.2) is 0 Å².